The van der Waals surface area contributed by atoms with Crippen LogP contribution in [0.3, 0.4) is 0 Å². The summed E-state index contributed by atoms with van der Waals surface area (Å²) in [5, 5.41) is 4.52. The van der Waals surface area contributed by atoms with Gasteiger partial charge in [0.15, 0.2) is 0 Å². The van der Waals surface area contributed by atoms with Gasteiger partial charge >= 0.3 is 0 Å². The van der Waals surface area contributed by atoms with Crippen LogP contribution in [-0.2, 0) is 0 Å². The van der Waals surface area contributed by atoms with E-state index in [1.807, 2.05) is 19.9 Å². The smallest absolute Gasteiger partial charge is 0.243 e. The second kappa shape index (κ2) is 5.27. The minimum Gasteiger partial charge on any atom is -0.245 e. The fourth-order valence-electron chi connectivity index (χ4n) is 3.10. The van der Waals surface area contributed by atoms with Crippen LogP contribution in [0, 0.1) is 25.2 Å². The molecule has 1 aliphatic rings. The third-order valence-corrected chi connectivity index (χ3v) is 3.46. The molecule has 1 aliphatic carbocycles. The molecule has 1 atom stereocenters. The van der Waals surface area contributed by atoms with Gasteiger partial charge < -0.3 is 0 Å². The Kier molecular flexibility index (Phi) is 3.88. The van der Waals surface area contributed by atoms with E-state index in [4.69, 9.17) is 0 Å². The van der Waals surface area contributed by atoms with Gasteiger partial charge in [-0.15, -0.1) is 0 Å². The summed E-state index contributed by atoms with van der Waals surface area (Å²) in [6.07, 6.45) is 3.39. The molecule has 1 fully saturated rings. The van der Waals surface area contributed by atoms with Crippen LogP contribution in [0.1, 0.15) is 51.4 Å². The Morgan fingerprint density at radius 2 is 1.89 bits per heavy atom. The number of aryl methyl sites for hydroxylation is 2. The van der Waals surface area contributed by atoms with Crippen LogP contribution < -0.4 is 5.43 Å². The first kappa shape index (κ1) is 14.0. The summed E-state index contributed by atoms with van der Waals surface area (Å²) < 4.78 is 0. The minimum absolute atomic E-state index is 0.349. The molecular weight excluding hydrogens is 236 g/mol. The first-order valence-corrected chi connectivity index (χ1v) is 6.98. The molecule has 1 heterocycles. The molecule has 0 amide bonds. The van der Waals surface area contributed by atoms with Gasteiger partial charge in [0.05, 0.1) is 0 Å². The van der Waals surface area contributed by atoms with E-state index in [0.717, 1.165) is 24.2 Å². The summed E-state index contributed by atoms with van der Waals surface area (Å²) in [5.41, 5.74) is 6.53. The summed E-state index contributed by atoms with van der Waals surface area (Å²) in [7, 11) is 0. The van der Waals surface area contributed by atoms with Gasteiger partial charge in [0.2, 0.25) is 5.95 Å². The number of anilines is 1. The van der Waals surface area contributed by atoms with Crippen LogP contribution in [0.15, 0.2) is 11.2 Å². The average molecular weight is 260 g/mol. The molecule has 0 radical (unpaired) electrons. The Bertz CT molecular complexity index is 471. The van der Waals surface area contributed by atoms with E-state index in [9.17, 15) is 0 Å². The molecule has 0 saturated heterocycles. The zero-order valence-electron chi connectivity index (χ0n) is 12.6. The maximum atomic E-state index is 4.52. The van der Waals surface area contributed by atoms with Crippen LogP contribution in [-0.4, -0.2) is 15.7 Å². The molecule has 0 unspecified atom stereocenters. The summed E-state index contributed by atoms with van der Waals surface area (Å²) in [6.45, 7) is 10.9. The number of aromatic nitrogens is 2. The molecule has 1 N–H and O–H groups in total. The monoisotopic (exact) mass is 260 g/mol. The number of hydrogen-bond donors (Lipinski definition) is 1. The molecule has 1 saturated carbocycles. The lowest BCUT2D eigenvalue weighted by molar-refractivity contribution is 0.266. The van der Waals surface area contributed by atoms with Crippen molar-refractivity contribution in [2.75, 3.05) is 5.43 Å². The summed E-state index contributed by atoms with van der Waals surface area (Å²) in [6, 6.07) is 1.96. The van der Waals surface area contributed by atoms with Crippen molar-refractivity contribution in [1.82, 2.24) is 9.97 Å². The fraction of sp³-hybridized carbons (Fsp3) is 0.667. The van der Waals surface area contributed by atoms with E-state index >= 15 is 0 Å². The highest BCUT2D eigenvalue weighted by Gasteiger charge is 2.29. The molecule has 0 spiro atoms. The molecule has 104 valence electrons. The van der Waals surface area contributed by atoms with Gasteiger partial charge in [0.25, 0.3) is 0 Å². The van der Waals surface area contributed by atoms with Crippen molar-refractivity contribution in [2.24, 2.45) is 16.4 Å². The lowest BCUT2D eigenvalue weighted by Gasteiger charge is -2.34. The van der Waals surface area contributed by atoms with Gasteiger partial charge in [0, 0.05) is 17.1 Å². The number of nitrogens with zero attached hydrogens (tertiary/aromatic N) is 3. The second-order valence-corrected chi connectivity index (χ2v) is 6.62. The molecule has 0 aliphatic heterocycles. The molecule has 0 bridgehead atoms. The van der Waals surface area contributed by atoms with Gasteiger partial charge in [-0.2, -0.15) is 5.10 Å². The van der Waals surface area contributed by atoms with Crippen LogP contribution in [0.25, 0.3) is 0 Å². The summed E-state index contributed by atoms with van der Waals surface area (Å²) in [5.74, 6) is 1.30. The predicted octanol–water partition coefficient (Wildman–Crippen LogP) is 3.71. The summed E-state index contributed by atoms with van der Waals surface area (Å²) >= 11 is 0. The van der Waals surface area contributed by atoms with Crippen molar-refractivity contribution in [1.29, 1.82) is 0 Å². The molecule has 1 aromatic heterocycles. The lowest BCUT2D eigenvalue weighted by atomic mass is 9.72. The number of nitrogens with one attached hydrogen (secondary N) is 1. The van der Waals surface area contributed by atoms with Gasteiger partial charge in [-0.05, 0) is 50.5 Å². The molecule has 4 nitrogen and oxygen atoms in total. The average Bonchev–Trinajstić information content (AvgIpc) is 2.22. The fourth-order valence-corrected chi connectivity index (χ4v) is 3.10. The van der Waals surface area contributed by atoms with Gasteiger partial charge in [-0.3, -0.25) is 0 Å². The highest BCUT2D eigenvalue weighted by atomic mass is 15.4. The van der Waals surface area contributed by atoms with Crippen LogP contribution in [0.2, 0.25) is 0 Å². The van der Waals surface area contributed by atoms with Crippen molar-refractivity contribution >= 4 is 11.7 Å². The first-order chi connectivity index (χ1) is 8.84. The quantitative estimate of drug-likeness (QED) is 0.825. The maximum absolute atomic E-state index is 4.52. The van der Waals surface area contributed by atoms with Crippen molar-refractivity contribution in [2.45, 2.75) is 53.9 Å². The van der Waals surface area contributed by atoms with Gasteiger partial charge in [-0.1, -0.05) is 20.8 Å². The van der Waals surface area contributed by atoms with Crippen LogP contribution in [0.5, 0.6) is 0 Å². The van der Waals surface area contributed by atoms with E-state index in [-0.39, 0.29) is 0 Å². The first-order valence-electron chi connectivity index (χ1n) is 6.98. The van der Waals surface area contributed by atoms with Crippen molar-refractivity contribution in [3.05, 3.63) is 17.5 Å². The van der Waals surface area contributed by atoms with Crippen LogP contribution in [0.4, 0.5) is 5.95 Å². The van der Waals surface area contributed by atoms with Gasteiger partial charge in [-0.25, -0.2) is 15.4 Å². The highest BCUT2D eigenvalue weighted by Crippen LogP contribution is 2.36. The minimum atomic E-state index is 0.349. The Morgan fingerprint density at radius 3 is 2.47 bits per heavy atom. The molecule has 1 aromatic rings. The SMILES string of the molecule is Cc1cc(C)nc(N/N=C2/C[C@@H](C)CC(C)(C)C2)n1. The number of rotatable bonds is 2. The Labute approximate surface area is 115 Å². The van der Waals surface area contributed by atoms with E-state index in [2.05, 4.69) is 41.3 Å². The Balaban J connectivity index is 2.09. The Hall–Kier alpha value is -1.45. The molecule has 2 rings (SSSR count). The van der Waals surface area contributed by atoms with Crippen molar-refractivity contribution in [3.8, 4) is 0 Å². The molecule has 0 aromatic carbocycles. The standard InChI is InChI=1S/C15H24N4/c1-10-6-13(9-15(4,5)8-10)18-19-14-16-11(2)7-12(3)17-14/h7,10H,6,8-9H2,1-5H3,(H,16,17,19)/b18-13-/t10-/m1/s1. The van der Waals surface area contributed by atoms with Gasteiger partial charge in [0.1, 0.15) is 0 Å². The molecular formula is C15H24N4. The topological polar surface area (TPSA) is 50.2 Å². The number of hydrazone groups is 1. The zero-order valence-corrected chi connectivity index (χ0v) is 12.6. The highest BCUT2D eigenvalue weighted by molar-refractivity contribution is 5.86. The van der Waals surface area contributed by atoms with Crippen molar-refractivity contribution < 1.29 is 0 Å². The largest absolute Gasteiger partial charge is 0.245 e. The van der Waals surface area contributed by atoms with Crippen LogP contribution >= 0.6 is 0 Å². The third-order valence-electron chi connectivity index (χ3n) is 3.46. The maximum Gasteiger partial charge on any atom is 0.243 e. The van der Waals surface area contributed by atoms with E-state index in [0.29, 0.717) is 17.3 Å². The normalized spacial score (nSPS) is 24.5. The summed E-state index contributed by atoms with van der Waals surface area (Å²) in [4.78, 5) is 8.69. The Morgan fingerprint density at radius 1 is 1.26 bits per heavy atom. The van der Waals surface area contributed by atoms with Crippen molar-refractivity contribution in [3.63, 3.8) is 0 Å². The zero-order chi connectivity index (χ0) is 14.0. The second-order valence-electron chi connectivity index (χ2n) is 6.62. The van der Waals surface area contributed by atoms with E-state index in [1.54, 1.807) is 0 Å². The third kappa shape index (κ3) is 4.01. The number of hydrogen-bond acceptors (Lipinski definition) is 4. The lowest BCUT2D eigenvalue weighted by Crippen LogP contribution is -2.28. The molecule has 19 heavy (non-hydrogen) atoms. The van der Waals surface area contributed by atoms with E-state index in [1.165, 1.54) is 12.1 Å². The van der Waals surface area contributed by atoms with E-state index < -0.39 is 0 Å². The predicted molar refractivity (Wildman–Crippen MR) is 79.4 cm³/mol. The molecule has 4 heteroatoms.